The molecule has 0 amide bonds. The van der Waals surface area contributed by atoms with E-state index in [1.54, 1.807) is 13.3 Å². The average molecular weight is 460 g/mol. The van der Waals surface area contributed by atoms with Crippen molar-refractivity contribution in [1.82, 2.24) is 9.80 Å². The fraction of sp³-hybridized carbons (Fsp3) is 0.600. The summed E-state index contributed by atoms with van der Waals surface area (Å²) in [4.78, 5) is 21.8. The van der Waals surface area contributed by atoms with Crippen molar-refractivity contribution in [3.8, 4) is 5.75 Å². The van der Waals surface area contributed by atoms with Gasteiger partial charge in [0.2, 0.25) is 0 Å². The number of aryl methyl sites for hydroxylation is 1. The zero-order chi connectivity index (χ0) is 23.6. The van der Waals surface area contributed by atoms with Crippen LogP contribution in [0.1, 0.15) is 29.9 Å². The minimum Gasteiger partial charge on any atom is -0.511 e. The summed E-state index contributed by atoms with van der Waals surface area (Å²) >= 11 is 0. The molecule has 1 saturated heterocycles. The monoisotopic (exact) mass is 459 g/mol. The first kappa shape index (κ1) is 25.4. The van der Waals surface area contributed by atoms with Gasteiger partial charge in [-0.2, -0.15) is 0 Å². The molecule has 1 aliphatic carbocycles. The molecule has 0 saturated carbocycles. The number of hydrogen-bond donors (Lipinski definition) is 2. The first-order valence-corrected chi connectivity index (χ1v) is 11.7. The predicted molar refractivity (Wildman–Crippen MR) is 129 cm³/mol. The number of piperazine rings is 1. The van der Waals surface area contributed by atoms with Gasteiger partial charge in [0.15, 0.2) is 5.78 Å². The smallest absolute Gasteiger partial charge is 0.168 e. The lowest BCUT2D eigenvalue weighted by Gasteiger charge is -2.33. The number of benzene rings is 1. The number of aliphatic imine (C=N–C) groups is 1. The van der Waals surface area contributed by atoms with Crippen molar-refractivity contribution in [3.05, 3.63) is 40.7 Å². The molecule has 182 valence electrons. The number of Topliss-reactive ketones (excluding diaryl/α,β-unsaturated/α-hetero) is 1. The normalized spacial score (nSPS) is 20.7. The second-order valence-corrected chi connectivity index (χ2v) is 8.70. The van der Waals surface area contributed by atoms with Crippen molar-refractivity contribution < 1.29 is 24.5 Å². The molecule has 1 aromatic carbocycles. The number of methoxy groups -OCH3 is 1. The van der Waals surface area contributed by atoms with Gasteiger partial charge >= 0.3 is 0 Å². The van der Waals surface area contributed by atoms with Crippen molar-refractivity contribution >= 4 is 12.0 Å². The molecular weight excluding hydrogens is 422 g/mol. The van der Waals surface area contributed by atoms with Gasteiger partial charge in [0.05, 0.1) is 25.3 Å². The third-order valence-corrected chi connectivity index (χ3v) is 6.36. The minimum atomic E-state index is -0.0763. The molecule has 0 aromatic heterocycles. The zero-order valence-corrected chi connectivity index (χ0v) is 19.8. The van der Waals surface area contributed by atoms with Crippen LogP contribution in [-0.4, -0.2) is 105 Å². The minimum absolute atomic E-state index is 0.0739. The third-order valence-electron chi connectivity index (χ3n) is 6.36. The second-order valence-electron chi connectivity index (χ2n) is 8.70. The molecule has 2 N–H and O–H groups in total. The maximum atomic E-state index is 12.8. The summed E-state index contributed by atoms with van der Waals surface area (Å²) in [6.07, 6.45) is 2.31. The SMILES string of the molecule is COCCOc1cc(C2CC(=O)C(C=NCCN3CCN(CCO)CC3)=C(O)C2)ccc1C. The Morgan fingerprint density at radius 3 is 2.52 bits per heavy atom. The number of allylic oxidation sites excluding steroid dienone is 2. The van der Waals surface area contributed by atoms with E-state index in [4.69, 9.17) is 14.6 Å². The highest BCUT2D eigenvalue weighted by Gasteiger charge is 2.28. The van der Waals surface area contributed by atoms with Crippen LogP contribution in [0.15, 0.2) is 34.5 Å². The number of ether oxygens (including phenoxy) is 2. The lowest BCUT2D eigenvalue weighted by atomic mass is 9.82. The summed E-state index contributed by atoms with van der Waals surface area (Å²) in [6.45, 7) is 9.12. The zero-order valence-electron chi connectivity index (χ0n) is 19.8. The number of nitrogens with zero attached hydrogens (tertiary/aromatic N) is 3. The van der Waals surface area contributed by atoms with E-state index in [1.165, 1.54) is 0 Å². The molecule has 8 nitrogen and oxygen atoms in total. The summed E-state index contributed by atoms with van der Waals surface area (Å²) < 4.78 is 10.8. The lowest BCUT2D eigenvalue weighted by Crippen LogP contribution is -2.47. The van der Waals surface area contributed by atoms with Crippen LogP contribution in [0.5, 0.6) is 5.75 Å². The Balaban J connectivity index is 1.53. The molecule has 1 heterocycles. The quantitative estimate of drug-likeness (QED) is 0.386. The van der Waals surface area contributed by atoms with Gasteiger partial charge in [-0.15, -0.1) is 0 Å². The first-order valence-electron chi connectivity index (χ1n) is 11.7. The molecule has 33 heavy (non-hydrogen) atoms. The van der Waals surface area contributed by atoms with E-state index in [2.05, 4.69) is 14.8 Å². The molecule has 0 bridgehead atoms. The molecule has 1 aromatic rings. The highest BCUT2D eigenvalue weighted by molar-refractivity contribution is 6.14. The molecule has 1 unspecified atom stereocenters. The summed E-state index contributed by atoms with van der Waals surface area (Å²) in [5.41, 5.74) is 2.35. The highest BCUT2D eigenvalue weighted by Crippen LogP contribution is 2.35. The summed E-state index contributed by atoms with van der Waals surface area (Å²) in [5.74, 6) is 0.743. The van der Waals surface area contributed by atoms with Gasteiger partial charge in [0.1, 0.15) is 18.1 Å². The fourth-order valence-electron chi connectivity index (χ4n) is 4.29. The molecule has 0 radical (unpaired) electrons. The van der Waals surface area contributed by atoms with Gasteiger partial charge in [-0.05, 0) is 30.0 Å². The van der Waals surface area contributed by atoms with E-state index in [-0.39, 0.29) is 24.1 Å². The van der Waals surface area contributed by atoms with Crippen LogP contribution in [0.25, 0.3) is 0 Å². The number of aliphatic hydroxyl groups excluding tert-OH is 2. The van der Waals surface area contributed by atoms with Crippen LogP contribution in [-0.2, 0) is 9.53 Å². The molecule has 2 aliphatic rings. The Morgan fingerprint density at radius 1 is 1.12 bits per heavy atom. The van der Waals surface area contributed by atoms with E-state index < -0.39 is 0 Å². The van der Waals surface area contributed by atoms with Crippen molar-refractivity contribution in [3.63, 3.8) is 0 Å². The van der Waals surface area contributed by atoms with Gasteiger partial charge in [-0.1, -0.05) is 12.1 Å². The van der Waals surface area contributed by atoms with E-state index >= 15 is 0 Å². The van der Waals surface area contributed by atoms with Crippen LogP contribution >= 0.6 is 0 Å². The molecule has 1 fully saturated rings. The van der Waals surface area contributed by atoms with Crippen molar-refractivity contribution in [2.24, 2.45) is 4.99 Å². The largest absolute Gasteiger partial charge is 0.511 e. The fourth-order valence-corrected chi connectivity index (χ4v) is 4.29. The predicted octanol–water partition coefficient (Wildman–Crippen LogP) is 1.96. The van der Waals surface area contributed by atoms with Crippen molar-refractivity contribution in [2.75, 3.05) is 72.7 Å². The summed E-state index contributed by atoms with van der Waals surface area (Å²) in [5, 5.41) is 19.6. The van der Waals surface area contributed by atoms with Crippen molar-refractivity contribution in [1.29, 1.82) is 0 Å². The molecule has 1 atom stereocenters. The highest BCUT2D eigenvalue weighted by atomic mass is 16.5. The van der Waals surface area contributed by atoms with Gasteiger partial charge < -0.3 is 19.7 Å². The number of rotatable bonds is 11. The standard InChI is InChI=1S/C25H37N3O5/c1-19-3-4-20(17-25(19)33-14-13-32-2)21-15-23(30)22(24(31)16-21)18-26-5-6-27-7-9-28(10-8-27)11-12-29/h3-4,17-18,21,29-30H,5-16H2,1-2H3. The summed E-state index contributed by atoms with van der Waals surface area (Å²) in [7, 11) is 1.64. The van der Waals surface area contributed by atoms with Gasteiger partial charge in [-0.25, -0.2) is 0 Å². The number of carbonyl (C=O) groups excluding carboxylic acids is 1. The third kappa shape index (κ3) is 7.37. The Hall–Kier alpha value is -2.26. The topological polar surface area (TPSA) is 94.8 Å². The number of β-amino-alcohol motifs (C(OH)–C–C–N with tert-alkyl or cyclic N) is 1. The average Bonchev–Trinajstić information content (AvgIpc) is 2.80. The Labute approximate surface area is 196 Å². The van der Waals surface area contributed by atoms with Crippen LogP contribution in [0.2, 0.25) is 0 Å². The molecule has 0 spiro atoms. The Bertz CT molecular complexity index is 846. The van der Waals surface area contributed by atoms with E-state index in [0.717, 1.165) is 56.1 Å². The van der Waals surface area contributed by atoms with Crippen LogP contribution in [0, 0.1) is 6.92 Å². The van der Waals surface area contributed by atoms with Gasteiger partial charge in [0.25, 0.3) is 0 Å². The van der Waals surface area contributed by atoms with Crippen LogP contribution in [0.3, 0.4) is 0 Å². The van der Waals surface area contributed by atoms with Gasteiger partial charge in [-0.3, -0.25) is 19.6 Å². The van der Waals surface area contributed by atoms with Crippen LogP contribution in [0.4, 0.5) is 0 Å². The lowest BCUT2D eigenvalue weighted by molar-refractivity contribution is -0.116. The Morgan fingerprint density at radius 2 is 1.85 bits per heavy atom. The van der Waals surface area contributed by atoms with E-state index in [0.29, 0.717) is 38.2 Å². The maximum absolute atomic E-state index is 12.8. The van der Waals surface area contributed by atoms with Crippen LogP contribution < -0.4 is 4.74 Å². The summed E-state index contributed by atoms with van der Waals surface area (Å²) in [6, 6.07) is 5.96. The molecule has 1 aliphatic heterocycles. The number of hydrogen-bond acceptors (Lipinski definition) is 8. The number of carbonyl (C=O) groups is 1. The van der Waals surface area contributed by atoms with E-state index in [1.807, 2.05) is 25.1 Å². The van der Waals surface area contributed by atoms with Gasteiger partial charge in [0, 0.05) is 65.4 Å². The Kier molecular flexibility index (Phi) is 9.87. The number of ketones is 1. The maximum Gasteiger partial charge on any atom is 0.168 e. The second kappa shape index (κ2) is 12.8. The van der Waals surface area contributed by atoms with E-state index in [9.17, 15) is 9.90 Å². The molecule has 3 rings (SSSR count). The van der Waals surface area contributed by atoms with Crippen molar-refractivity contribution in [2.45, 2.75) is 25.7 Å². The number of aliphatic hydroxyl groups is 2. The molecular formula is C25H37N3O5. The molecule has 8 heteroatoms. The first-order chi connectivity index (χ1) is 16.0.